The van der Waals surface area contributed by atoms with Crippen molar-refractivity contribution in [1.82, 2.24) is 14.9 Å². The standard InChI is InChI=1S/C34H38N4O8S/c1-42-24-9-7-8-23(17-24)36-32(40)20-47-34-37-26-19-30-29(45-21-46-30)18-25(26)33(41)38(34)15-6-4-5-10-31(39)35-14-13-22-11-12-27(43-2)28(16-22)44-3/h7-9,11-12,16-19H,4-6,10,13-15,20-21H2,1-3H3,(H,35,39)(H,36,40). The van der Waals surface area contributed by atoms with Crippen molar-refractivity contribution >= 4 is 40.2 Å². The van der Waals surface area contributed by atoms with Crippen molar-refractivity contribution in [1.29, 1.82) is 0 Å². The van der Waals surface area contributed by atoms with Crippen LogP contribution in [-0.2, 0) is 22.6 Å². The van der Waals surface area contributed by atoms with Crippen LogP contribution in [0.2, 0.25) is 0 Å². The van der Waals surface area contributed by atoms with Gasteiger partial charge in [-0.2, -0.15) is 0 Å². The Hall–Kier alpha value is -4.91. The zero-order chi connectivity index (χ0) is 33.2. The summed E-state index contributed by atoms with van der Waals surface area (Å²) >= 11 is 1.18. The molecule has 0 fully saturated rings. The van der Waals surface area contributed by atoms with Gasteiger partial charge in [-0.15, -0.1) is 0 Å². The first-order chi connectivity index (χ1) is 22.9. The summed E-state index contributed by atoms with van der Waals surface area (Å²) in [7, 11) is 4.75. The van der Waals surface area contributed by atoms with E-state index >= 15 is 0 Å². The number of hydrogen-bond donors (Lipinski definition) is 2. The number of unbranched alkanes of at least 4 members (excludes halogenated alkanes) is 2. The minimum atomic E-state index is -0.244. The van der Waals surface area contributed by atoms with E-state index in [1.165, 1.54) is 11.8 Å². The molecule has 248 valence electrons. The summed E-state index contributed by atoms with van der Waals surface area (Å²) in [6, 6.07) is 16.1. The molecule has 2 heterocycles. The molecule has 3 aromatic carbocycles. The van der Waals surface area contributed by atoms with Gasteiger partial charge in [0.1, 0.15) is 5.75 Å². The highest BCUT2D eigenvalue weighted by Gasteiger charge is 2.20. The zero-order valence-corrected chi connectivity index (χ0v) is 27.4. The van der Waals surface area contributed by atoms with Crippen LogP contribution in [-0.4, -0.2) is 61.8 Å². The number of fused-ring (bicyclic) bond motifs is 2. The third-order valence-corrected chi connectivity index (χ3v) is 8.55. The lowest BCUT2D eigenvalue weighted by molar-refractivity contribution is -0.121. The summed E-state index contributed by atoms with van der Waals surface area (Å²) in [5.74, 6) is 2.75. The maximum atomic E-state index is 13.7. The molecule has 4 aromatic rings. The van der Waals surface area contributed by atoms with Gasteiger partial charge in [0.15, 0.2) is 28.2 Å². The molecule has 0 saturated carbocycles. The molecule has 12 nitrogen and oxygen atoms in total. The van der Waals surface area contributed by atoms with Crippen LogP contribution in [0.3, 0.4) is 0 Å². The van der Waals surface area contributed by atoms with Crippen LogP contribution in [0.5, 0.6) is 28.7 Å². The van der Waals surface area contributed by atoms with Gasteiger partial charge in [0.2, 0.25) is 18.6 Å². The Morgan fingerprint density at radius 1 is 0.915 bits per heavy atom. The van der Waals surface area contributed by atoms with Crippen molar-refractivity contribution in [2.45, 2.75) is 43.8 Å². The highest BCUT2D eigenvalue weighted by molar-refractivity contribution is 7.99. The summed E-state index contributed by atoms with van der Waals surface area (Å²) < 4.78 is 28.4. The fourth-order valence-electron chi connectivity index (χ4n) is 5.13. The number of anilines is 1. The molecule has 0 spiro atoms. The Morgan fingerprint density at radius 2 is 1.72 bits per heavy atom. The Kier molecular flexibility index (Phi) is 11.4. The number of carbonyl (C=O) groups is 2. The molecular formula is C34H38N4O8S. The van der Waals surface area contributed by atoms with Gasteiger partial charge >= 0.3 is 0 Å². The van der Waals surface area contributed by atoms with Crippen molar-refractivity contribution in [2.24, 2.45) is 0 Å². The van der Waals surface area contributed by atoms with E-state index in [2.05, 4.69) is 10.6 Å². The van der Waals surface area contributed by atoms with Crippen molar-refractivity contribution < 1.29 is 33.3 Å². The van der Waals surface area contributed by atoms with Crippen LogP contribution in [0.1, 0.15) is 31.2 Å². The number of thioether (sulfide) groups is 1. The topological polar surface area (TPSA) is 139 Å². The summed E-state index contributed by atoms with van der Waals surface area (Å²) in [5, 5.41) is 6.66. The van der Waals surface area contributed by atoms with Crippen molar-refractivity contribution in [3.8, 4) is 28.7 Å². The molecule has 1 aliphatic heterocycles. The summed E-state index contributed by atoms with van der Waals surface area (Å²) in [6.45, 7) is 0.976. The predicted molar refractivity (Wildman–Crippen MR) is 179 cm³/mol. The van der Waals surface area contributed by atoms with Gasteiger partial charge in [-0.05, 0) is 55.2 Å². The lowest BCUT2D eigenvalue weighted by atomic mass is 10.1. The SMILES string of the molecule is COc1cccc(NC(=O)CSc2nc3cc4c(cc3c(=O)n2CCCCCC(=O)NCCc2ccc(OC)c(OC)c2)OCO4)c1. The molecule has 1 aromatic heterocycles. The normalized spacial score (nSPS) is 11.7. The number of rotatable bonds is 16. The average Bonchev–Trinajstić information content (AvgIpc) is 3.55. The van der Waals surface area contributed by atoms with Gasteiger partial charge in [0, 0.05) is 37.3 Å². The van der Waals surface area contributed by atoms with Gasteiger partial charge in [0.05, 0.1) is 38.0 Å². The summed E-state index contributed by atoms with van der Waals surface area (Å²) in [4.78, 5) is 43.7. The molecule has 0 aliphatic carbocycles. The van der Waals surface area contributed by atoms with Gasteiger partial charge < -0.3 is 34.3 Å². The lowest BCUT2D eigenvalue weighted by Gasteiger charge is -2.14. The molecule has 47 heavy (non-hydrogen) atoms. The molecule has 0 atom stereocenters. The number of nitrogens with one attached hydrogen (secondary N) is 2. The average molecular weight is 663 g/mol. The van der Waals surface area contributed by atoms with E-state index in [1.807, 2.05) is 18.2 Å². The van der Waals surface area contributed by atoms with E-state index in [0.717, 1.165) is 12.0 Å². The fourth-order valence-corrected chi connectivity index (χ4v) is 5.95. The largest absolute Gasteiger partial charge is 0.497 e. The van der Waals surface area contributed by atoms with Gasteiger partial charge in [-0.1, -0.05) is 30.3 Å². The highest BCUT2D eigenvalue weighted by atomic mass is 32.2. The molecule has 1 aliphatic rings. The van der Waals surface area contributed by atoms with Crippen LogP contribution in [0, 0.1) is 0 Å². The van der Waals surface area contributed by atoms with E-state index in [-0.39, 0.29) is 29.9 Å². The first-order valence-electron chi connectivity index (χ1n) is 15.3. The molecule has 0 radical (unpaired) electrons. The molecule has 13 heteroatoms. The molecule has 2 N–H and O–H groups in total. The zero-order valence-electron chi connectivity index (χ0n) is 26.6. The number of hydrogen-bond acceptors (Lipinski definition) is 10. The number of benzene rings is 3. The van der Waals surface area contributed by atoms with Gasteiger partial charge in [-0.3, -0.25) is 19.0 Å². The highest BCUT2D eigenvalue weighted by Crippen LogP contribution is 2.35. The van der Waals surface area contributed by atoms with Crippen molar-refractivity contribution in [2.75, 3.05) is 45.7 Å². The van der Waals surface area contributed by atoms with Crippen LogP contribution in [0.15, 0.2) is 64.5 Å². The van der Waals surface area contributed by atoms with E-state index in [1.54, 1.807) is 62.3 Å². The molecule has 0 bridgehead atoms. The fraction of sp³-hybridized carbons (Fsp3) is 0.353. The van der Waals surface area contributed by atoms with Crippen LogP contribution >= 0.6 is 11.8 Å². The Morgan fingerprint density at radius 3 is 2.51 bits per heavy atom. The summed E-state index contributed by atoms with van der Waals surface area (Å²) in [5.41, 5.74) is 1.89. The van der Waals surface area contributed by atoms with Crippen LogP contribution in [0.25, 0.3) is 10.9 Å². The smallest absolute Gasteiger partial charge is 0.262 e. The second-order valence-corrected chi connectivity index (χ2v) is 11.7. The molecule has 5 rings (SSSR count). The second-order valence-electron chi connectivity index (χ2n) is 10.7. The molecule has 2 amide bonds. The number of carbonyl (C=O) groups excluding carboxylic acids is 2. The van der Waals surface area contributed by atoms with Crippen LogP contribution < -0.4 is 39.9 Å². The number of amides is 2. The van der Waals surface area contributed by atoms with Gasteiger partial charge in [0.25, 0.3) is 5.56 Å². The third-order valence-electron chi connectivity index (χ3n) is 7.57. The molecule has 0 unspecified atom stereocenters. The minimum absolute atomic E-state index is 0.0237. The quantitative estimate of drug-likeness (QED) is 0.0977. The lowest BCUT2D eigenvalue weighted by Crippen LogP contribution is -2.25. The molecule has 0 saturated heterocycles. The number of methoxy groups -OCH3 is 3. The number of aromatic nitrogens is 2. The first kappa shape index (κ1) is 33.5. The maximum absolute atomic E-state index is 13.7. The first-order valence-corrected chi connectivity index (χ1v) is 16.3. The van der Waals surface area contributed by atoms with Gasteiger partial charge in [-0.25, -0.2) is 4.98 Å². The Labute approximate surface area is 276 Å². The Bertz CT molecular complexity index is 1790. The van der Waals surface area contributed by atoms with Crippen LogP contribution in [0.4, 0.5) is 5.69 Å². The van der Waals surface area contributed by atoms with E-state index in [0.29, 0.717) is 89.3 Å². The van der Waals surface area contributed by atoms with E-state index in [4.69, 9.17) is 28.7 Å². The second kappa shape index (κ2) is 16.1. The third kappa shape index (κ3) is 8.67. The molecular weight excluding hydrogens is 624 g/mol. The summed E-state index contributed by atoms with van der Waals surface area (Å²) in [6.07, 6.45) is 3.10. The maximum Gasteiger partial charge on any atom is 0.262 e. The van der Waals surface area contributed by atoms with Crippen molar-refractivity contribution in [3.05, 3.63) is 70.5 Å². The van der Waals surface area contributed by atoms with Crippen molar-refractivity contribution in [3.63, 3.8) is 0 Å². The monoisotopic (exact) mass is 662 g/mol. The minimum Gasteiger partial charge on any atom is -0.497 e. The predicted octanol–water partition coefficient (Wildman–Crippen LogP) is 4.80. The van der Waals surface area contributed by atoms with E-state index < -0.39 is 0 Å². The number of ether oxygens (including phenoxy) is 5. The van der Waals surface area contributed by atoms with E-state index in [9.17, 15) is 14.4 Å². The Balaban J connectivity index is 1.16. The number of nitrogens with zero attached hydrogens (tertiary/aromatic N) is 2.